The van der Waals surface area contributed by atoms with Crippen LogP contribution in [0.25, 0.3) is 0 Å². The summed E-state index contributed by atoms with van der Waals surface area (Å²) in [5, 5.41) is 3.18. The van der Waals surface area contributed by atoms with Gasteiger partial charge in [0.15, 0.2) is 5.11 Å². The van der Waals surface area contributed by atoms with Crippen LogP contribution in [0.1, 0.15) is 13.3 Å². The maximum Gasteiger partial charge on any atom is 0.163 e. The molecule has 3 nitrogen and oxygen atoms in total. The predicted octanol–water partition coefficient (Wildman–Crippen LogP) is -0.0233. The molecule has 0 aromatic heterocycles. The van der Waals surface area contributed by atoms with E-state index < -0.39 is 10.8 Å². The van der Waals surface area contributed by atoms with Gasteiger partial charge in [0, 0.05) is 28.9 Å². The largest absolute Gasteiger partial charge is 0.376 e. The summed E-state index contributed by atoms with van der Waals surface area (Å²) in [6.45, 7) is 1.96. The SMILES string of the molecule is CC(CCS(C)=O)NC(N)=S. The smallest absolute Gasteiger partial charge is 0.163 e. The van der Waals surface area contributed by atoms with E-state index in [0.29, 0.717) is 10.9 Å². The summed E-state index contributed by atoms with van der Waals surface area (Å²) >= 11 is 4.64. The minimum absolute atomic E-state index is 0.219. The zero-order valence-corrected chi connectivity index (χ0v) is 8.43. The van der Waals surface area contributed by atoms with Gasteiger partial charge in [0.1, 0.15) is 0 Å². The minimum atomic E-state index is -0.725. The van der Waals surface area contributed by atoms with Gasteiger partial charge in [0.25, 0.3) is 0 Å². The van der Waals surface area contributed by atoms with Gasteiger partial charge >= 0.3 is 0 Å². The molecule has 3 N–H and O–H groups in total. The van der Waals surface area contributed by atoms with Crippen molar-refractivity contribution in [1.29, 1.82) is 0 Å². The van der Waals surface area contributed by atoms with Crippen molar-refractivity contribution in [3.8, 4) is 0 Å². The van der Waals surface area contributed by atoms with E-state index in [1.54, 1.807) is 6.26 Å². The number of hydrogen-bond acceptors (Lipinski definition) is 2. The van der Waals surface area contributed by atoms with Gasteiger partial charge in [-0.1, -0.05) is 0 Å². The molecule has 0 saturated heterocycles. The normalized spacial score (nSPS) is 15.5. The number of rotatable bonds is 4. The van der Waals surface area contributed by atoms with Gasteiger partial charge in [-0.05, 0) is 25.6 Å². The zero-order valence-electron chi connectivity index (χ0n) is 6.79. The molecule has 0 aliphatic rings. The predicted molar refractivity (Wildman–Crippen MR) is 52.9 cm³/mol. The molecule has 2 unspecified atom stereocenters. The number of nitrogens with two attached hydrogens (primary N) is 1. The third kappa shape index (κ3) is 7.74. The topological polar surface area (TPSA) is 55.1 Å². The Bertz CT molecular complexity index is 161. The highest BCUT2D eigenvalue weighted by molar-refractivity contribution is 7.84. The van der Waals surface area contributed by atoms with Crippen LogP contribution >= 0.6 is 12.2 Å². The van der Waals surface area contributed by atoms with E-state index in [-0.39, 0.29) is 6.04 Å². The molecule has 2 atom stereocenters. The van der Waals surface area contributed by atoms with Crippen LogP contribution in [0.15, 0.2) is 0 Å². The molecule has 0 heterocycles. The fourth-order valence-electron chi connectivity index (χ4n) is 0.658. The van der Waals surface area contributed by atoms with Crippen LogP contribution in [0.5, 0.6) is 0 Å². The number of nitrogens with one attached hydrogen (secondary N) is 1. The molecular weight excluding hydrogens is 180 g/mol. The van der Waals surface area contributed by atoms with E-state index in [1.807, 2.05) is 6.92 Å². The minimum Gasteiger partial charge on any atom is -0.376 e. The lowest BCUT2D eigenvalue weighted by Crippen LogP contribution is -2.37. The van der Waals surface area contributed by atoms with Gasteiger partial charge in [0.2, 0.25) is 0 Å². The van der Waals surface area contributed by atoms with E-state index in [2.05, 4.69) is 17.5 Å². The van der Waals surface area contributed by atoms with Gasteiger partial charge in [0.05, 0.1) is 0 Å². The van der Waals surface area contributed by atoms with Crippen LogP contribution in [0.2, 0.25) is 0 Å². The fraction of sp³-hybridized carbons (Fsp3) is 0.833. The summed E-state index contributed by atoms with van der Waals surface area (Å²) in [6, 6.07) is 0.219. The van der Waals surface area contributed by atoms with Gasteiger partial charge in [-0.15, -0.1) is 0 Å². The Morgan fingerprint density at radius 2 is 2.36 bits per heavy atom. The van der Waals surface area contributed by atoms with Gasteiger partial charge in [-0.2, -0.15) is 0 Å². The van der Waals surface area contributed by atoms with Crippen molar-refractivity contribution in [2.24, 2.45) is 5.73 Å². The van der Waals surface area contributed by atoms with Crippen LogP contribution in [0.4, 0.5) is 0 Å². The quantitative estimate of drug-likeness (QED) is 0.617. The second-order valence-corrected chi connectivity index (χ2v) is 4.47. The monoisotopic (exact) mass is 194 g/mol. The Balaban J connectivity index is 3.44. The Morgan fingerprint density at radius 3 is 2.73 bits per heavy atom. The maximum atomic E-state index is 10.7. The average Bonchev–Trinajstić information content (AvgIpc) is 1.82. The highest BCUT2D eigenvalue weighted by atomic mass is 32.2. The Kier molecular flexibility index (Phi) is 5.41. The molecule has 0 amide bonds. The van der Waals surface area contributed by atoms with Crippen molar-refractivity contribution in [1.82, 2.24) is 5.32 Å². The first-order valence-corrected chi connectivity index (χ1v) is 5.52. The van der Waals surface area contributed by atoms with Gasteiger partial charge in [-0.3, -0.25) is 4.21 Å². The van der Waals surface area contributed by atoms with Gasteiger partial charge in [-0.25, -0.2) is 0 Å². The summed E-state index contributed by atoms with van der Waals surface area (Å²) in [4.78, 5) is 0. The summed E-state index contributed by atoms with van der Waals surface area (Å²) in [5.41, 5.74) is 5.24. The second kappa shape index (κ2) is 5.49. The molecule has 0 aromatic carbocycles. The second-order valence-electron chi connectivity index (χ2n) is 2.48. The third-order valence-corrected chi connectivity index (χ3v) is 2.16. The first-order chi connectivity index (χ1) is 5.02. The van der Waals surface area contributed by atoms with Crippen molar-refractivity contribution in [2.75, 3.05) is 12.0 Å². The molecule has 0 spiro atoms. The van der Waals surface area contributed by atoms with Crippen molar-refractivity contribution < 1.29 is 4.21 Å². The summed E-state index contributed by atoms with van der Waals surface area (Å²) in [6.07, 6.45) is 2.52. The van der Waals surface area contributed by atoms with E-state index >= 15 is 0 Å². The summed E-state index contributed by atoms with van der Waals surface area (Å²) in [7, 11) is -0.725. The van der Waals surface area contributed by atoms with Crippen LogP contribution in [-0.2, 0) is 10.8 Å². The molecule has 5 heteroatoms. The lowest BCUT2D eigenvalue weighted by molar-refractivity contribution is 0.636. The highest BCUT2D eigenvalue weighted by Gasteiger charge is 2.01. The van der Waals surface area contributed by atoms with Crippen molar-refractivity contribution in [3.05, 3.63) is 0 Å². The molecule has 66 valence electrons. The van der Waals surface area contributed by atoms with Crippen LogP contribution < -0.4 is 11.1 Å². The molecular formula is C6H14N2OS2. The van der Waals surface area contributed by atoms with Gasteiger partial charge < -0.3 is 11.1 Å². The van der Waals surface area contributed by atoms with Crippen LogP contribution in [0.3, 0.4) is 0 Å². The number of thiocarbonyl (C=S) groups is 1. The van der Waals surface area contributed by atoms with Crippen molar-refractivity contribution in [3.63, 3.8) is 0 Å². The molecule has 0 radical (unpaired) electrons. The van der Waals surface area contributed by atoms with E-state index in [1.165, 1.54) is 0 Å². The molecule has 0 saturated carbocycles. The first-order valence-electron chi connectivity index (χ1n) is 3.38. The fourth-order valence-corrected chi connectivity index (χ4v) is 1.54. The van der Waals surface area contributed by atoms with E-state index in [9.17, 15) is 4.21 Å². The van der Waals surface area contributed by atoms with E-state index in [0.717, 1.165) is 6.42 Å². The molecule has 0 rings (SSSR count). The first kappa shape index (κ1) is 10.8. The Labute approximate surface area is 75.2 Å². The van der Waals surface area contributed by atoms with Crippen LogP contribution in [-0.4, -0.2) is 27.4 Å². The van der Waals surface area contributed by atoms with Crippen LogP contribution in [0, 0.1) is 0 Å². The highest BCUT2D eigenvalue weighted by Crippen LogP contribution is 1.91. The summed E-state index contributed by atoms with van der Waals surface area (Å²) in [5.74, 6) is 0.691. The zero-order chi connectivity index (χ0) is 8.85. The molecule has 0 bridgehead atoms. The standard InChI is InChI=1S/C6H14N2OS2/c1-5(8-6(7)10)3-4-11(2)9/h5H,3-4H2,1-2H3,(H3,7,8,10). The lowest BCUT2D eigenvalue weighted by atomic mass is 10.3. The maximum absolute atomic E-state index is 10.7. The number of hydrogen-bond donors (Lipinski definition) is 2. The third-order valence-electron chi connectivity index (χ3n) is 1.23. The van der Waals surface area contributed by atoms with E-state index in [4.69, 9.17) is 5.73 Å². The molecule has 0 aliphatic heterocycles. The molecule has 0 fully saturated rings. The Hall–Kier alpha value is -0.160. The Morgan fingerprint density at radius 1 is 1.82 bits per heavy atom. The lowest BCUT2D eigenvalue weighted by Gasteiger charge is -2.11. The van der Waals surface area contributed by atoms with Crippen molar-refractivity contribution in [2.45, 2.75) is 19.4 Å². The molecule has 11 heavy (non-hydrogen) atoms. The summed E-state index contributed by atoms with van der Waals surface area (Å²) < 4.78 is 10.7. The molecule has 0 aliphatic carbocycles. The van der Waals surface area contributed by atoms with Crippen molar-refractivity contribution >= 4 is 28.1 Å². The average molecular weight is 194 g/mol. The molecule has 0 aromatic rings.